The van der Waals surface area contributed by atoms with Crippen molar-refractivity contribution in [1.82, 2.24) is 0 Å². The molecule has 0 aromatic heterocycles. The zero-order valence-electron chi connectivity index (χ0n) is 34.7. The Morgan fingerprint density at radius 1 is 0.585 bits per heavy atom. The van der Waals surface area contributed by atoms with Crippen LogP contribution in [0.5, 0.6) is 0 Å². The van der Waals surface area contributed by atoms with Gasteiger partial charge in [-0.05, 0) is 64.2 Å². The van der Waals surface area contributed by atoms with E-state index in [1.165, 1.54) is 64.2 Å². The van der Waals surface area contributed by atoms with Crippen LogP contribution in [0.3, 0.4) is 0 Å². The number of likely N-dealkylation sites (N-methyl/N-ethyl adjacent to an activating group) is 1. The highest BCUT2D eigenvalue weighted by molar-refractivity contribution is 7.47. The van der Waals surface area contributed by atoms with E-state index in [0.29, 0.717) is 17.4 Å². The molecule has 1 N–H and O–H groups in total. The number of phosphoric acid groups is 1. The van der Waals surface area contributed by atoms with Gasteiger partial charge in [-0.15, -0.1) is 0 Å². The Kier molecular flexibility index (Phi) is 34.7. The highest BCUT2D eigenvalue weighted by atomic mass is 31.2. The van der Waals surface area contributed by atoms with Crippen molar-refractivity contribution in [1.29, 1.82) is 0 Å². The maximum absolute atomic E-state index is 12.7. The lowest BCUT2D eigenvalue weighted by Crippen LogP contribution is -2.37. The molecule has 2 atom stereocenters. The largest absolute Gasteiger partial charge is 0.472 e. The molecule has 0 aliphatic rings. The summed E-state index contributed by atoms with van der Waals surface area (Å²) in [6.07, 6.45) is 39.1. The maximum Gasteiger partial charge on any atom is 0.472 e. The Morgan fingerprint density at radius 2 is 1.06 bits per heavy atom. The molecule has 0 radical (unpaired) electrons. The highest BCUT2D eigenvalue weighted by Crippen LogP contribution is 2.43. The molecule has 0 fully saturated rings. The van der Waals surface area contributed by atoms with Crippen LogP contribution in [-0.2, 0) is 32.7 Å². The summed E-state index contributed by atoms with van der Waals surface area (Å²) < 4.78 is 34.2. The number of allylic oxidation sites excluding steroid dienone is 6. The van der Waals surface area contributed by atoms with Gasteiger partial charge in [0, 0.05) is 12.8 Å². The molecule has 0 spiro atoms. The van der Waals surface area contributed by atoms with Crippen molar-refractivity contribution >= 4 is 19.8 Å². The summed E-state index contributed by atoms with van der Waals surface area (Å²) in [7, 11) is 1.47. The van der Waals surface area contributed by atoms with Crippen molar-refractivity contribution in [3.05, 3.63) is 36.5 Å². The number of unbranched alkanes of at least 4 members (excludes halogenated alkanes) is 18. The molecule has 0 saturated heterocycles. The Hall–Kier alpha value is -1.77. The molecule has 0 aromatic rings. The van der Waals surface area contributed by atoms with Gasteiger partial charge >= 0.3 is 19.8 Å². The van der Waals surface area contributed by atoms with Crippen molar-refractivity contribution in [2.45, 2.75) is 180 Å². The smallest absolute Gasteiger partial charge is 0.462 e. The molecule has 0 rings (SSSR count). The molecular weight excluding hydrogens is 689 g/mol. The molecule has 0 heterocycles. The van der Waals surface area contributed by atoms with E-state index in [0.717, 1.165) is 77.0 Å². The number of rotatable bonds is 38. The summed E-state index contributed by atoms with van der Waals surface area (Å²) in [5, 5.41) is 0. The third-order valence-corrected chi connectivity index (χ3v) is 9.86. The van der Waals surface area contributed by atoms with Crippen LogP contribution in [0.1, 0.15) is 174 Å². The van der Waals surface area contributed by atoms with Gasteiger partial charge in [0.2, 0.25) is 0 Å². The minimum Gasteiger partial charge on any atom is -0.462 e. The average molecular weight is 771 g/mol. The van der Waals surface area contributed by atoms with Gasteiger partial charge in [-0.2, -0.15) is 0 Å². The van der Waals surface area contributed by atoms with Gasteiger partial charge in [-0.1, -0.05) is 134 Å². The lowest BCUT2D eigenvalue weighted by molar-refractivity contribution is -0.870. The van der Waals surface area contributed by atoms with Crippen molar-refractivity contribution in [2.24, 2.45) is 0 Å². The normalized spacial score (nSPS) is 14.0. The molecule has 10 heteroatoms. The monoisotopic (exact) mass is 771 g/mol. The number of carbonyl (C=O) groups is 2. The molecule has 2 unspecified atom stereocenters. The van der Waals surface area contributed by atoms with Crippen LogP contribution in [0.25, 0.3) is 0 Å². The number of quaternary nitrogens is 1. The van der Waals surface area contributed by atoms with E-state index in [4.69, 9.17) is 18.5 Å². The quantitative estimate of drug-likeness (QED) is 0.0217. The lowest BCUT2D eigenvalue weighted by Gasteiger charge is -2.24. The number of nitrogens with zero attached hydrogens (tertiary/aromatic N) is 1. The van der Waals surface area contributed by atoms with Gasteiger partial charge in [0.15, 0.2) is 6.10 Å². The molecule has 0 saturated carbocycles. The van der Waals surface area contributed by atoms with Crippen LogP contribution in [0.15, 0.2) is 36.5 Å². The molecule has 0 aromatic carbocycles. The molecule has 0 aliphatic carbocycles. The van der Waals surface area contributed by atoms with E-state index in [2.05, 4.69) is 50.3 Å². The number of hydrogen-bond donors (Lipinski definition) is 1. The third-order valence-electron chi connectivity index (χ3n) is 8.87. The molecule has 0 bridgehead atoms. The first-order valence-electron chi connectivity index (χ1n) is 21.2. The summed E-state index contributed by atoms with van der Waals surface area (Å²) in [4.78, 5) is 35.2. The van der Waals surface area contributed by atoms with Gasteiger partial charge < -0.3 is 18.9 Å². The number of phosphoric ester groups is 1. The number of hydrogen-bond acceptors (Lipinski definition) is 7. The average Bonchev–Trinajstić information content (AvgIpc) is 3.10. The van der Waals surface area contributed by atoms with Crippen molar-refractivity contribution in [2.75, 3.05) is 47.5 Å². The van der Waals surface area contributed by atoms with Gasteiger partial charge in [0.1, 0.15) is 19.8 Å². The van der Waals surface area contributed by atoms with Crippen LogP contribution in [0, 0.1) is 0 Å². The van der Waals surface area contributed by atoms with Crippen molar-refractivity contribution in [3.63, 3.8) is 0 Å². The highest BCUT2D eigenvalue weighted by Gasteiger charge is 2.27. The second kappa shape index (κ2) is 35.9. The summed E-state index contributed by atoms with van der Waals surface area (Å²) in [6.45, 7) is 4.31. The van der Waals surface area contributed by atoms with Gasteiger partial charge in [0.25, 0.3) is 0 Å². The van der Waals surface area contributed by atoms with Crippen LogP contribution in [-0.4, -0.2) is 74.9 Å². The van der Waals surface area contributed by atoms with E-state index >= 15 is 0 Å². The molecule has 9 nitrogen and oxygen atoms in total. The van der Waals surface area contributed by atoms with E-state index in [1.54, 1.807) is 0 Å². The van der Waals surface area contributed by atoms with Gasteiger partial charge in [-0.25, -0.2) is 4.57 Å². The second-order valence-corrected chi connectivity index (χ2v) is 16.8. The van der Waals surface area contributed by atoms with Gasteiger partial charge in [-0.3, -0.25) is 18.6 Å². The van der Waals surface area contributed by atoms with E-state index in [1.807, 2.05) is 21.1 Å². The zero-order chi connectivity index (χ0) is 39.3. The van der Waals surface area contributed by atoms with E-state index < -0.39 is 26.5 Å². The predicted octanol–water partition coefficient (Wildman–Crippen LogP) is 11.7. The topological polar surface area (TPSA) is 108 Å². The van der Waals surface area contributed by atoms with E-state index in [-0.39, 0.29) is 32.0 Å². The van der Waals surface area contributed by atoms with Crippen LogP contribution in [0.4, 0.5) is 0 Å². The Morgan fingerprint density at radius 3 is 1.58 bits per heavy atom. The van der Waals surface area contributed by atoms with Crippen LogP contribution in [0.2, 0.25) is 0 Å². The van der Waals surface area contributed by atoms with E-state index in [9.17, 15) is 19.0 Å². The number of esters is 2. The first kappa shape index (κ1) is 51.2. The van der Waals surface area contributed by atoms with Gasteiger partial charge in [0.05, 0.1) is 27.7 Å². The summed E-state index contributed by atoms with van der Waals surface area (Å²) in [6, 6.07) is 0. The maximum atomic E-state index is 12.7. The van der Waals surface area contributed by atoms with Crippen molar-refractivity contribution in [3.8, 4) is 0 Å². The molecule has 310 valence electrons. The predicted molar refractivity (Wildman–Crippen MR) is 220 cm³/mol. The summed E-state index contributed by atoms with van der Waals surface area (Å²) in [5.74, 6) is -0.816. The molecule has 0 amide bonds. The zero-order valence-corrected chi connectivity index (χ0v) is 35.6. The van der Waals surface area contributed by atoms with Crippen LogP contribution < -0.4 is 0 Å². The number of ether oxygens (including phenoxy) is 2. The van der Waals surface area contributed by atoms with Crippen LogP contribution >= 0.6 is 7.82 Å². The standard InChI is InChI=1S/C43H80NO8P/c1-6-8-10-12-14-16-18-19-20-21-22-23-24-25-26-28-30-32-34-36-43(46)52-41(40-51-53(47,48)50-38-37-44(3,4)5)39-49-42(45)35-33-31-29-27-17-15-13-11-9-7-2/h11,13-14,16,19-20,41H,6-10,12,15,17-18,21-40H2,1-5H3/p+1/b13-11-,16-14-,20-19-. The fourth-order valence-corrected chi connectivity index (χ4v) is 6.26. The minimum absolute atomic E-state index is 0.0292. The van der Waals surface area contributed by atoms with Crippen molar-refractivity contribution < 1.29 is 42.1 Å². The lowest BCUT2D eigenvalue weighted by atomic mass is 10.1. The first-order chi connectivity index (χ1) is 25.5. The minimum atomic E-state index is -4.37. The fraction of sp³-hybridized carbons (Fsp3) is 0.814. The number of carbonyl (C=O) groups excluding carboxylic acids is 2. The Bertz CT molecular complexity index is 1010. The molecular formula is C43H81NO8P+. The molecule has 0 aliphatic heterocycles. The molecule has 53 heavy (non-hydrogen) atoms. The Labute approximate surface area is 325 Å². The summed E-state index contributed by atoms with van der Waals surface area (Å²) in [5.41, 5.74) is 0. The first-order valence-corrected chi connectivity index (χ1v) is 22.7. The fourth-order valence-electron chi connectivity index (χ4n) is 5.52. The Balaban J connectivity index is 4.33. The third kappa shape index (κ3) is 39.7. The second-order valence-electron chi connectivity index (χ2n) is 15.4. The summed E-state index contributed by atoms with van der Waals surface area (Å²) >= 11 is 0. The SMILES string of the molecule is CCC/C=C\CCCCCCCC(=O)OCC(COP(=O)(O)OCC[N+](C)(C)C)OC(=O)CCCCCCCCCCC/C=C\C/C=C\CCCCC.